The molecule has 3 unspecified atom stereocenters. The molecule has 1 aromatic rings. The molecule has 1 spiro atoms. The van der Waals surface area contributed by atoms with Gasteiger partial charge >= 0.3 is 0 Å². The van der Waals surface area contributed by atoms with Crippen molar-refractivity contribution in [2.24, 2.45) is 11.8 Å². The summed E-state index contributed by atoms with van der Waals surface area (Å²) < 4.78 is 4.36. The van der Waals surface area contributed by atoms with Gasteiger partial charge in [-0.1, -0.05) is 20.3 Å². The van der Waals surface area contributed by atoms with Crippen LogP contribution in [-0.4, -0.2) is 68.6 Å². The number of nitrogens with one attached hydrogen (secondary N) is 2. The number of carbonyl (C=O) groups is 3. The largest absolute Gasteiger partial charge is 0.494 e. The lowest BCUT2D eigenvalue weighted by Gasteiger charge is -2.37. The maximum absolute atomic E-state index is 14.1. The number of aliphatic hydroxyl groups excluding tert-OH is 1. The van der Waals surface area contributed by atoms with Gasteiger partial charge in [0.05, 0.1) is 35.8 Å². The van der Waals surface area contributed by atoms with Gasteiger partial charge in [-0.15, -0.1) is 11.8 Å². The molecule has 3 aliphatic heterocycles. The molecule has 9 heteroatoms. The second-order valence-electron chi connectivity index (χ2n) is 10.9. The zero-order valence-electron chi connectivity index (χ0n) is 22.6. The molecule has 3 N–H and O–H groups in total. The van der Waals surface area contributed by atoms with Crippen molar-refractivity contribution in [3.8, 4) is 5.75 Å². The molecule has 0 saturated carbocycles. The smallest absolute Gasteiger partial charge is 0.244 e. The van der Waals surface area contributed by atoms with Crippen molar-refractivity contribution < 1.29 is 24.2 Å². The summed E-state index contributed by atoms with van der Waals surface area (Å²) >= 11 is 1.64. The van der Waals surface area contributed by atoms with Gasteiger partial charge in [-0.3, -0.25) is 14.4 Å². The summed E-state index contributed by atoms with van der Waals surface area (Å²) in [4.78, 5) is 43.3. The lowest BCUT2D eigenvalue weighted by atomic mass is 9.66. The summed E-state index contributed by atoms with van der Waals surface area (Å²) in [6, 6.07) is 6.03. The minimum absolute atomic E-state index is 0.0166. The Hall–Kier alpha value is -2.26. The molecule has 0 aliphatic carbocycles. The van der Waals surface area contributed by atoms with Crippen molar-refractivity contribution in [3.63, 3.8) is 0 Å². The quantitative estimate of drug-likeness (QED) is 0.403. The molecular formula is C28H41N3O5S. The number of fused-ring (bicyclic) bond motifs is 1. The maximum Gasteiger partial charge on any atom is 0.244 e. The van der Waals surface area contributed by atoms with Gasteiger partial charge in [0.2, 0.25) is 17.7 Å². The van der Waals surface area contributed by atoms with Crippen molar-refractivity contribution in [2.45, 2.75) is 94.3 Å². The number of aliphatic hydroxyl groups is 1. The predicted molar refractivity (Wildman–Crippen MR) is 145 cm³/mol. The summed E-state index contributed by atoms with van der Waals surface area (Å²) in [6.45, 7) is 10.3. The van der Waals surface area contributed by atoms with Crippen molar-refractivity contribution >= 4 is 35.2 Å². The minimum atomic E-state index is -0.712. The fraction of sp³-hybridized carbons (Fsp3) is 0.679. The minimum Gasteiger partial charge on any atom is -0.494 e. The molecule has 4 rings (SSSR count). The first-order chi connectivity index (χ1) is 17.7. The van der Waals surface area contributed by atoms with Crippen LogP contribution < -0.4 is 15.4 Å². The molecule has 3 saturated heterocycles. The maximum atomic E-state index is 14.1. The molecule has 0 radical (unpaired) electrons. The van der Waals surface area contributed by atoms with E-state index in [9.17, 15) is 19.5 Å². The molecule has 1 aromatic carbocycles. The second-order valence-corrected chi connectivity index (χ2v) is 12.8. The van der Waals surface area contributed by atoms with Crippen LogP contribution in [-0.2, 0) is 14.4 Å². The van der Waals surface area contributed by atoms with E-state index >= 15 is 0 Å². The Morgan fingerprint density at radius 1 is 1.19 bits per heavy atom. The number of rotatable bonds is 11. The number of likely N-dealkylation sites (tertiary alicyclic amines) is 1. The van der Waals surface area contributed by atoms with E-state index in [2.05, 4.69) is 24.5 Å². The van der Waals surface area contributed by atoms with Gasteiger partial charge in [0.1, 0.15) is 11.8 Å². The average molecular weight is 532 g/mol. The summed E-state index contributed by atoms with van der Waals surface area (Å²) in [6.07, 6.45) is 3.76. The van der Waals surface area contributed by atoms with E-state index < -0.39 is 33.4 Å². The van der Waals surface area contributed by atoms with Crippen LogP contribution in [0.4, 0.5) is 5.69 Å². The van der Waals surface area contributed by atoms with Crippen LogP contribution in [0.5, 0.6) is 5.75 Å². The topological polar surface area (TPSA) is 108 Å². The SMILES string of the molecule is CCCC(C)NC(=O)C1N([C@@H](CC)CO)C(=O)[C@@H]2[C@H](C(=O)Nc3ccc(OCC)cc3)[C@]3(C)CCC12S3. The Morgan fingerprint density at radius 2 is 1.89 bits per heavy atom. The third-order valence-corrected chi connectivity index (χ3v) is 10.3. The highest BCUT2D eigenvalue weighted by Gasteiger charge is 2.77. The third-order valence-electron chi connectivity index (χ3n) is 8.36. The number of benzene rings is 1. The number of carbonyl (C=O) groups excluding carboxylic acids is 3. The normalized spacial score (nSPS) is 31.7. The Labute approximate surface area is 224 Å². The third kappa shape index (κ3) is 4.73. The second kappa shape index (κ2) is 10.8. The lowest BCUT2D eigenvalue weighted by Crippen LogP contribution is -2.57. The lowest BCUT2D eigenvalue weighted by molar-refractivity contribution is -0.142. The number of hydrogen-bond acceptors (Lipinski definition) is 6. The van der Waals surface area contributed by atoms with Crippen molar-refractivity contribution in [1.29, 1.82) is 0 Å². The van der Waals surface area contributed by atoms with E-state index in [-0.39, 0.29) is 30.4 Å². The highest BCUT2D eigenvalue weighted by molar-refractivity contribution is 8.02. The van der Waals surface area contributed by atoms with Crippen LogP contribution in [0.25, 0.3) is 0 Å². The number of thioether (sulfide) groups is 1. The number of nitrogens with zero attached hydrogens (tertiary/aromatic N) is 1. The summed E-state index contributed by atoms with van der Waals surface area (Å²) in [7, 11) is 0. The monoisotopic (exact) mass is 531 g/mol. The molecule has 204 valence electrons. The van der Waals surface area contributed by atoms with E-state index in [1.54, 1.807) is 28.8 Å². The fourth-order valence-corrected chi connectivity index (χ4v) is 9.06. The zero-order chi connectivity index (χ0) is 27.0. The van der Waals surface area contributed by atoms with Crippen LogP contribution in [0.3, 0.4) is 0 Å². The molecule has 37 heavy (non-hydrogen) atoms. The van der Waals surface area contributed by atoms with Gasteiger partial charge in [-0.2, -0.15) is 0 Å². The molecular weight excluding hydrogens is 490 g/mol. The molecule has 2 bridgehead atoms. The van der Waals surface area contributed by atoms with E-state index in [4.69, 9.17) is 4.74 Å². The summed E-state index contributed by atoms with van der Waals surface area (Å²) in [5.41, 5.74) is 0.644. The highest BCUT2D eigenvalue weighted by atomic mass is 32.2. The van der Waals surface area contributed by atoms with Crippen LogP contribution in [0.2, 0.25) is 0 Å². The van der Waals surface area contributed by atoms with Crippen LogP contribution >= 0.6 is 11.8 Å². The number of anilines is 1. The molecule has 3 fully saturated rings. The Bertz CT molecular complexity index is 1020. The summed E-state index contributed by atoms with van der Waals surface area (Å²) in [5, 5.41) is 16.3. The van der Waals surface area contributed by atoms with Gasteiger partial charge in [0.25, 0.3) is 0 Å². The van der Waals surface area contributed by atoms with E-state index in [1.165, 1.54) is 0 Å². The first-order valence-corrected chi connectivity index (χ1v) is 14.4. The Morgan fingerprint density at radius 3 is 2.49 bits per heavy atom. The van der Waals surface area contributed by atoms with Crippen molar-refractivity contribution in [3.05, 3.63) is 24.3 Å². The predicted octanol–water partition coefficient (Wildman–Crippen LogP) is 3.58. The first-order valence-electron chi connectivity index (χ1n) is 13.6. The van der Waals surface area contributed by atoms with E-state index in [1.807, 2.05) is 32.9 Å². The molecule has 3 aliphatic rings. The van der Waals surface area contributed by atoms with Gasteiger partial charge in [0.15, 0.2) is 0 Å². The molecule has 8 nitrogen and oxygen atoms in total. The standard InChI is InChI=1S/C28H41N3O5S/c1-6-9-17(4)29-25(34)23-28-15-14-27(5,37-28)21(22(28)26(35)31(23)19(7-2)16-32)24(33)30-18-10-12-20(13-11-18)36-8-3/h10-13,17,19,21-23,32H,6-9,14-16H2,1-5H3,(H,29,34)(H,30,33)/t17?,19-,21+,22-,23?,27-,28?/m0/s1. The van der Waals surface area contributed by atoms with Crippen molar-refractivity contribution in [2.75, 3.05) is 18.5 Å². The summed E-state index contributed by atoms with van der Waals surface area (Å²) in [5.74, 6) is -1.02. The Kier molecular flexibility index (Phi) is 8.14. The van der Waals surface area contributed by atoms with Gasteiger partial charge in [-0.25, -0.2) is 0 Å². The number of ether oxygens (including phenoxy) is 1. The number of hydrogen-bond donors (Lipinski definition) is 3. The molecule has 0 aromatic heterocycles. The van der Waals surface area contributed by atoms with Crippen LogP contribution in [0.1, 0.15) is 66.7 Å². The van der Waals surface area contributed by atoms with Gasteiger partial charge in [-0.05, 0) is 70.7 Å². The molecule has 3 heterocycles. The molecule has 3 amide bonds. The fourth-order valence-electron chi connectivity index (χ4n) is 6.72. The Balaban J connectivity index is 1.67. The average Bonchev–Trinajstić information content (AvgIpc) is 3.42. The molecule has 7 atom stereocenters. The van der Waals surface area contributed by atoms with Crippen LogP contribution in [0, 0.1) is 11.8 Å². The first kappa shape index (κ1) is 27.8. The van der Waals surface area contributed by atoms with E-state index in [0.717, 1.165) is 25.0 Å². The van der Waals surface area contributed by atoms with Gasteiger partial charge < -0.3 is 25.4 Å². The van der Waals surface area contributed by atoms with Gasteiger partial charge in [0, 0.05) is 16.5 Å². The van der Waals surface area contributed by atoms with Crippen LogP contribution in [0.15, 0.2) is 24.3 Å². The zero-order valence-corrected chi connectivity index (χ0v) is 23.4. The highest BCUT2D eigenvalue weighted by Crippen LogP contribution is 2.71. The van der Waals surface area contributed by atoms with E-state index in [0.29, 0.717) is 25.1 Å². The number of amides is 3. The van der Waals surface area contributed by atoms with Crippen molar-refractivity contribution in [1.82, 2.24) is 10.2 Å².